The van der Waals surface area contributed by atoms with E-state index in [1.807, 2.05) is 0 Å². The highest BCUT2D eigenvalue weighted by Crippen LogP contribution is 2.03. The van der Waals surface area contributed by atoms with Gasteiger partial charge in [-0.25, -0.2) is 4.68 Å². The van der Waals surface area contributed by atoms with Gasteiger partial charge in [-0.2, -0.15) is 10.2 Å². The molecule has 14 heavy (non-hydrogen) atoms. The zero-order valence-corrected chi connectivity index (χ0v) is 7.58. The number of nitrogens with two attached hydrogens (primary N) is 1. The van der Waals surface area contributed by atoms with Crippen LogP contribution in [0.2, 0.25) is 0 Å². The van der Waals surface area contributed by atoms with Crippen LogP contribution < -0.4 is 5.73 Å². The second kappa shape index (κ2) is 2.99. The molecule has 2 aromatic rings. The number of aryl methyl sites for hydroxylation is 1. The second-order valence-electron chi connectivity index (χ2n) is 2.86. The second-order valence-corrected chi connectivity index (χ2v) is 2.86. The molecule has 0 saturated heterocycles. The van der Waals surface area contributed by atoms with Crippen LogP contribution in [-0.2, 0) is 7.05 Å². The minimum Gasteiger partial charge on any atom is -0.396 e. The Bertz CT molecular complexity index is 470. The lowest BCUT2D eigenvalue weighted by Crippen LogP contribution is -2.16. The number of nitrogen functional groups attached to an aromatic ring is 1. The van der Waals surface area contributed by atoms with E-state index in [2.05, 4.69) is 10.2 Å². The van der Waals surface area contributed by atoms with Gasteiger partial charge in [0.05, 0.1) is 18.1 Å². The Labute approximate surface area is 79.9 Å². The minimum absolute atomic E-state index is 0.248. The maximum absolute atomic E-state index is 11.7. The lowest BCUT2D eigenvalue weighted by atomic mass is 10.4. The van der Waals surface area contributed by atoms with Gasteiger partial charge in [-0.3, -0.25) is 9.48 Å². The zero-order chi connectivity index (χ0) is 10.1. The lowest BCUT2D eigenvalue weighted by Gasteiger charge is -1.99. The SMILES string of the molecule is Cn1nccc1C(=O)n1cc(N)cn1. The molecule has 0 aromatic carbocycles. The largest absolute Gasteiger partial charge is 0.396 e. The highest BCUT2D eigenvalue weighted by Gasteiger charge is 2.12. The van der Waals surface area contributed by atoms with Crippen LogP contribution >= 0.6 is 0 Å². The number of carbonyl (C=O) groups excluding carboxylic acids is 1. The molecule has 72 valence electrons. The van der Waals surface area contributed by atoms with Crippen LogP contribution in [0.1, 0.15) is 10.5 Å². The van der Waals surface area contributed by atoms with Crippen molar-refractivity contribution < 1.29 is 4.79 Å². The minimum atomic E-state index is -0.248. The van der Waals surface area contributed by atoms with Crippen molar-refractivity contribution in [2.45, 2.75) is 0 Å². The number of hydrogen-bond donors (Lipinski definition) is 1. The third-order valence-electron chi connectivity index (χ3n) is 1.85. The molecule has 0 unspecified atom stereocenters. The molecular weight excluding hydrogens is 182 g/mol. The first kappa shape index (κ1) is 8.49. The molecule has 2 heterocycles. The Morgan fingerprint density at radius 3 is 2.79 bits per heavy atom. The van der Waals surface area contributed by atoms with Gasteiger partial charge in [-0.05, 0) is 6.07 Å². The molecule has 0 aliphatic heterocycles. The molecule has 6 heteroatoms. The van der Waals surface area contributed by atoms with Crippen molar-refractivity contribution in [1.29, 1.82) is 0 Å². The zero-order valence-electron chi connectivity index (χ0n) is 7.58. The van der Waals surface area contributed by atoms with Gasteiger partial charge in [0.1, 0.15) is 5.69 Å². The summed E-state index contributed by atoms with van der Waals surface area (Å²) in [6, 6.07) is 1.63. The summed E-state index contributed by atoms with van der Waals surface area (Å²) in [5, 5.41) is 7.71. The van der Waals surface area contributed by atoms with Crippen molar-refractivity contribution >= 4 is 11.6 Å². The van der Waals surface area contributed by atoms with Crippen molar-refractivity contribution in [2.24, 2.45) is 7.05 Å². The Hall–Kier alpha value is -2.11. The molecule has 0 radical (unpaired) electrons. The van der Waals surface area contributed by atoms with Gasteiger partial charge in [0.25, 0.3) is 5.91 Å². The van der Waals surface area contributed by atoms with E-state index in [-0.39, 0.29) is 5.91 Å². The summed E-state index contributed by atoms with van der Waals surface area (Å²) < 4.78 is 2.67. The summed E-state index contributed by atoms with van der Waals surface area (Å²) in [5.41, 5.74) is 6.37. The maximum Gasteiger partial charge on any atom is 0.296 e. The summed E-state index contributed by atoms with van der Waals surface area (Å²) in [6.07, 6.45) is 4.45. The fraction of sp³-hybridized carbons (Fsp3) is 0.125. The molecule has 2 rings (SSSR count). The molecule has 2 aromatic heterocycles. The van der Waals surface area contributed by atoms with Crippen molar-refractivity contribution in [3.8, 4) is 0 Å². The Morgan fingerprint density at radius 2 is 2.29 bits per heavy atom. The highest BCUT2D eigenvalue weighted by atomic mass is 16.2. The normalized spacial score (nSPS) is 10.4. The third kappa shape index (κ3) is 1.26. The van der Waals surface area contributed by atoms with Crippen molar-refractivity contribution in [3.05, 3.63) is 30.4 Å². The Morgan fingerprint density at radius 1 is 1.50 bits per heavy atom. The predicted molar refractivity (Wildman–Crippen MR) is 49.6 cm³/mol. The monoisotopic (exact) mass is 191 g/mol. The summed E-state index contributed by atoms with van der Waals surface area (Å²) >= 11 is 0. The number of aromatic nitrogens is 4. The van der Waals surface area contributed by atoms with Gasteiger partial charge in [-0.1, -0.05) is 0 Å². The fourth-order valence-electron chi connectivity index (χ4n) is 1.15. The number of hydrogen-bond acceptors (Lipinski definition) is 4. The lowest BCUT2D eigenvalue weighted by molar-refractivity contribution is 0.0935. The molecule has 6 nitrogen and oxygen atoms in total. The summed E-state index contributed by atoms with van der Waals surface area (Å²) in [5.74, 6) is -0.248. The first-order valence-electron chi connectivity index (χ1n) is 4.01. The van der Waals surface area contributed by atoms with Crippen LogP contribution in [0.25, 0.3) is 0 Å². The van der Waals surface area contributed by atoms with Crippen LogP contribution in [0.3, 0.4) is 0 Å². The number of carbonyl (C=O) groups is 1. The van der Waals surface area contributed by atoms with E-state index in [9.17, 15) is 4.79 Å². The quantitative estimate of drug-likeness (QED) is 0.682. The molecule has 0 atom stereocenters. The van der Waals surface area contributed by atoms with Gasteiger partial charge in [-0.15, -0.1) is 0 Å². The molecular formula is C8H9N5O. The summed E-state index contributed by atoms with van der Waals surface area (Å²) in [7, 11) is 1.69. The predicted octanol–water partition coefficient (Wildman–Crippen LogP) is -0.113. The van der Waals surface area contributed by atoms with Crippen LogP contribution in [0.15, 0.2) is 24.7 Å². The number of nitrogens with zero attached hydrogens (tertiary/aromatic N) is 4. The smallest absolute Gasteiger partial charge is 0.296 e. The van der Waals surface area contributed by atoms with Gasteiger partial charge >= 0.3 is 0 Å². The maximum atomic E-state index is 11.7. The highest BCUT2D eigenvalue weighted by molar-refractivity contribution is 5.93. The van der Waals surface area contributed by atoms with Gasteiger partial charge < -0.3 is 5.73 Å². The molecule has 2 N–H and O–H groups in total. The molecule has 0 fully saturated rings. The molecule has 0 saturated carbocycles. The van der Waals surface area contributed by atoms with Crippen molar-refractivity contribution in [2.75, 3.05) is 5.73 Å². The van der Waals surface area contributed by atoms with Gasteiger partial charge in [0, 0.05) is 13.2 Å². The van der Waals surface area contributed by atoms with E-state index in [1.165, 1.54) is 21.8 Å². The summed E-state index contributed by atoms with van der Waals surface area (Å²) in [4.78, 5) is 11.7. The molecule has 0 spiro atoms. The number of rotatable bonds is 1. The van der Waals surface area contributed by atoms with Crippen molar-refractivity contribution in [1.82, 2.24) is 19.6 Å². The van der Waals surface area contributed by atoms with E-state index in [0.29, 0.717) is 11.4 Å². The van der Waals surface area contributed by atoms with Crippen LogP contribution in [0.4, 0.5) is 5.69 Å². The molecule has 0 aliphatic carbocycles. The van der Waals surface area contributed by atoms with Crippen LogP contribution in [0.5, 0.6) is 0 Å². The Kier molecular flexibility index (Phi) is 1.81. The van der Waals surface area contributed by atoms with Crippen molar-refractivity contribution in [3.63, 3.8) is 0 Å². The van der Waals surface area contributed by atoms with E-state index >= 15 is 0 Å². The van der Waals surface area contributed by atoms with Crippen LogP contribution in [0, 0.1) is 0 Å². The van der Waals surface area contributed by atoms with E-state index < -0.39 is 0 Å². The standard InChI is InChI=1S/C8H9N5O/c1-12-7(2-3-10-12)8(14)13-5-6(9)4-11-13/h2-5H,9H2,1H3. The van der Waals surface area contributed by atoms with E-state index in [1.54, 1.807) is 19.3 Å². The average Bonchev–Trinajstić information content (AvgIpc) is 2.73. The topological polar surface area (TPSA) is 78.7 Å². The van der Waals surface area contributed by atoms with E-state index in [0.717, 1.165) is 0 Å². The molecule has 0 amide bonds. The van der Waals surface area contributed by atoms with Crippen LogP contribution in [-0.4, -0.2) is 25.5 Å². The molecule has 0 bridgehead atoms. The third-order valence-corrected chi connectivity index (χ3v) is 1.85. The Balaban J connectivity index is 2.38. The average molecular weight is 191 g/mol. The van der Waals surface area contributed by atoms with Gasteiger partial charge in [0.2, 0.25) is 0 Å². The summed E-state index contributed by atoms with van der Waals surface area (Å²) in [6.45, 7) is 0. The first-order valence-corrected chi connectivity index (χ1v) is 4.01. The first-order chi connectivity index (χ1) is 6.68. The van der Waals surface area contributed by atoms with Gasteiger partial charge in [0.15, 0.2) is 0 Å². The fourth-order valence-corrected chi connectivity index (χ4v) is 1.15. The van der Waals surface area contributed by atoms with E-state index in [4.69, 9.17) is 5.73 Å². The molecule has 0 aliphatic rings. The number of anilines is 1.